The van der Waals surface area contributed by atoms with E-state index in [-0.39, 0.29) is 17.3 Å². The minimum absolute atomic E-state index is 0.207. The Hall–Kier alpha value is -1.43. The standard InChI is InChI=1S/C12H20N4O2/c1-3-4-9-13-10(16-15-9)11(17)14-12(2)5-7-18-8-6-12/h3-8H2,1-2H3,(H,14,17)(H,13,15,16). The summed E-state index contributed by atoms with van der Waals surface area (Å²) >= 11 is 0. The Morgan fingerprint density at radius 3 is 2.89 bits per heavy atom. The number of carbonyl (C=O) groups excluding carboxylic acids is 1. The molecular formula is C12H20N4O2. The Morgan fingerprint density at radius 1 is 1.50 bits per heavy atom. The molecule has 6 nitrogen and oxygen atoms in total. The van der Waals surface area contributed by atoms with Crippen LogP contribution in [0.3, 0.4) is 0 Å². The maximum atomic E-state index is 12.0. The van der Waals surface area contributed by atoms with E-state index in [0.29, 0.717) is 13.2 Å². The van der Waals surface area contributed by atoms with Gasteiger partial charge >= 0.3 is 0 Å². The predicted octanol–water partition coefficient (Wildman–Crippen LogP) is 1.06. The van der Waals surface area contributed by atoms with Gasteiger partial charge in [-0.15, -0.1) is 5.10 Å². The second kappa shape index (κ2) is 5.48. The Balaban J connectivity index is 1.97. The topological polar surface area (TPSA) is 79.9 Å². The molecule has 0 unspecified atom stereocenters. The summed E-state index contributed by atoms with van der Waals surface area (Å²) in [5, 5.41) is 9.75. The molecule has 2 heterocycles. The van der Waals surface area contributed by atoms with Crippen LogP contribution in [-0.4, -0.2) is 39.8 Å². The maximum Gasteiger partial charge on any atom is 0.291 e. The van der Waals surface area contributed by atoms with Gasteiger partial charge in [0.05, 0.1) is 0 Å². The molecule has 2 N–H and O–H groups in total. The summed E-state index contributed by atoms with van der Waals surface area (Å²) in [7, 11) is 0. The number of aryl methyl sites for hydroxylation is 1. The molecule has 18 heavy (non-hydrogen) atoms. The van der Waals surface area contributed by atoms with E-state index in [0.717, 1.165) is 31.5 Å². The zero-order valence-electron chi connectivity index (χ0n) is 11.0. The lowest BCUT2D eigenvalue weighted by atomic mass is 9.92. The first kappa shape index (κ1) is 13.0. The number of nitrogens with one attached hydrogen (secondary N) is 2. The molecule has 100 valence electrons. The van der Waals surface area contributed by atoms with Gasteiger partial charge in [-0.3, -0.25) is 9.89 Å². The first-order valence-electron chi connectivity index (χ1n) is 6.44. The largest absolute Gasteiger partial charge is 0.381 e. The van der Waals surface area contributed by atoms with Crippen molar-refractivity contribution >= 4 is 5.91 Å². The number of aromatic nitrogens is 3. The van der Waals surface area contributed by atoms with E-state index in [4.69, 9.17) is 4.74 Å². The molecule has 1 aromatic heterocycles. The van der Waals surface area contributed by atoms with Gasteiger partial charge < -0.3 is 10.1 Å². The van der Waals surface area contributed by atoms with Crippen LogP contribution >= 0.6 is 0 Å². The number of rotatable bonds is 4. The van der Waals surface area contributed by atoms with E-state index in [1.54, 1.807) is 0 Å². The second-order valence-electron chi connectivity index (χ2n) is 4.98. The van der Waals surface area contributed by atoms with E-state index < -0.39 is 0 Å². The lowest BCUT2D eigenvalue weighted by molar-refractivity contribution is 0.0419. The normalized spacial score (nSPS) is 18.6. The summed E-state index contributed by atoms with van der Waals surface area (Å²) in [6.45, 7) is 5.47. The highest BCUT2D eigenvalue weighted by Crippen LogP contribution is 2.19. The molecular weight excluding hydrogens is 232 g/mol. The smallest absolute Gasteiger partial charge is 0.291 e. The molecule has 2 rings (SSSR count). The number of ether oxygens (including phenoxy) is 1. The zero-order chi connectivity index (χ0) is 13.0. The number of amides is 1. The summed E-state index contributed by atoms with van der Waals surface area (Å²) in [6, 6.07) is 0. The van der Waals surface area contributed by atoms with Crippen LogP contribution in [0.25, 0.3) is 0 Å². The number of carbonyl (C=O) groups is 1. The van der Waals surface area contributed by atoms with Crippen LogP contribution in [0.1, 0.15) is 49.6 Å². The van der Waals surface area contributed by atoms with Crippen LogP contribution in [0, 0.1) is 0 Å². The number of aromatic amines is 1. The summed E-state index contributed by atoms with van der Waals surface area (Å²) in [5.41, 5.74) is -0.207. The van der Waals surface area contributed by atoms with Crippen LogP contribution in [0.5, 0.6) is 0 Å². The molecule has 1 aromatic rings. The van der Waals surface area contributed by atoms with Gasteiger partial charge in [0.25, 0.3) is 5.91 Å². The van der Waals surface area contributed by atoms with E-state index in [9.17, 15) is 4.79 Å². The fourth-order valence-electron chi connectivity index (χ4n) is 2.02. The average Bonchev–Trinajstić information content (AvgIpc) is 2.78. The summed E-state index contributed by atoms with van der Waals surface area (Å²) in [6.07, 6.45) is 3.44. The predicted molar refractivity (Wildman–Crippen MR) is 66.3 cm³/mol. The van der Waals surface area contributed by atoms with Crippen LogP contribution in [0.4, 0.5) is 0 Å². The van der Waals surface area contributed by atoms with Crippen molar-refractivity contribution in [1.82, 2.24) is 20.5 Å². The molecule has 0 saturated carbocycles. The second-order valence-corrected chi connectivity index (χ2v) is 4.98. The first-order chi connectivity index (χ1) is 8.63. The van der Waals surface area contributed by atoms with Crippen molar-refractivity contribution in [2.75, 3.05) is 13.2 Å². The number of hydrogen-bond donors (Lipinski definition) is 2. The lowest BCUT2D eigenvalue weighted by Gasteiger charge is -2.33. The molecule has 0 atom stereocenters. The molecule has 0 aliphatic carbocycles. The van der Waals surface area contributed by atoms with E-state index in [2.05, 4.69) is 27.4 Å². The molecule has 0 aromatic carbocycles. The van der Waals surface area contributed by atoms with Crippen molar-refractivity contribution in [3.8, 4) is 0 Å². The SMILES string of the molecule is CCCc1nc(C(=O)NC2(C)CCOCC2)n[nH]1. The van der Waals surface area contributed by atoms with Gasteiger partial charge in [0.1, 0.15) is 5.82 Å². The first-order valence-corrected chi connectivity index (χ1v) is 6.44. The number of hydrogen-bond acceptors (Lipinski definition) is 4. The third kappa shape index (κ3) is 3.07. The molecule has 1 amide bonds. The van der Waals surface area contributed by atoms with E-state index >= 15 is 0 Å². The van der Waals surface area contributed by atoms with Crippen LogP contribution in [0.15, 0.2) is 0 Å². The molecule has 1 aliphatic rings. The lowest BCUT2D eigenvalue weighted by Crippen LogP contribution is -2.49. The number of nitrogens with zero attached hydrogens (tertiary/aromatic N) is 2. The van der Waals surface area contributed by atoms with Gasteiger partial charge in [0, 0.05) is 25.2 Å². The minimum Gasteiger partial charge on any atom is -0.381 e. The van der Waals surface area contributed by atoms with Gasteiger partial charge in [0.15, 0.2) is 0 Å². The molecule has 0 spiro atoms. The molecule has 1 fully saturated rings. The molecule has 0 radical (unpaired) electrons. The third-order valence-electron chi connectivity index (χ3n) is 3.23. The van der Waals surface area contributed by atoms with Crippen LogP contribution in [0.2, 0.25) is 0 Å². The summed E-state index contributed by atoms with van der Waals surface area (Å²) in [4.78, 5) is 16.2. The van der Waals surface area contributed by atoms with Crippen molar-refractivity contribution in [2.24, 2.45) is 0 Å². The quantitative estimate of drug-likeness (QED) is 0.839. The van der Waals surface area contributed by atoms with Crippen molar-refractivity contribution in [3.05, 3.63) is 11.6 Å². The van der Waals surface area contributed by atoms with Crippen molar-refractivity contribution in [1.29, 1.82) is 0 Å². The highest BCUT2D eigenvalue weighted by molar-refractivity contribution is 5.90. The molecule has 1 saturated heterocycles. The van der Waals surface area contributed by atoms with Crippen molar-refractivity contribution < 1.29 is 9.53 Å². The Bertz CT molecular complexity index is 410. The fourth-order valence-corrected chi connectivity index (χ4v) is 2.02. The van der Waals surface area contributed by atoms with Gasteiger partial charge in [0.2, 0.25) is 5.82 Å². The van der Waals surface area contributed by atoms with Gasteiger partial charge in [-0.05, 0) is 26.2 Å². The van der Waals surface area contributed by atoms with Crippen LogP contribution < -0.4 is 5.32 Å². The molecule has 0 bridgehead atoms. The Kier molecular flexibility index (Phi) is 3.96. The van der Waals surface area contributed by atoms with E-state index in [1.165, 1.54) is 0 Å². The number of H-pyrrole nitrogens is 1. The fraction of sp³-hybridized carbons (Fsp3) is 0.750. The Labute approximate surface area is 107 Å². The highest BCUT2D eigenvalue weighted by atomic mass is 16.5. The summed E-state index contributed by atoms with van der Waals surface area (Å²) < 4.78 is 5.30. The van der Waals surface area contributed by atoms with Crippen molar-refractivity contribution in [3.63, 3.8) is 0 Å². The highest BCUT2D eigenvalue weighted by Gasteiger charge is 2.30. The maximum absolute atomic E-state index is 12.0. The molecule has 1 aliphatic heterocycles. The zero-order valence-corrected chi connectivity index (χ0v) is 11.0. The molecule has 6 heteroatoms. The Morgan fingerprint density at radius 2 is 2.22 bits per heavy atom. The third-order valence-corrected chi connectivity index (χ3v) is 3.23. The van der Waals surface area contributed by atoms with Crippen LogP contribution in [-0.2, 0) is 11.2 Å². The minimum atomic E-state index is -0.210. The van der Waals surface area contributed by atoms with E-state index in [1.807, 2.05) is 6.92 Å². The van der Waals surface area contributed by atoms with Gasteiger partial charge in [-0.1, -0.05) is 6.92 Å². The monoisotopic (exact) mass is 252 g/mol. The average molecular weight is 252 g/mol. The summed E-state index contributed by atoms with van der Waals surface area (Å²) in [5.74, 6) is 0.781. The van der Waals surface area contributed by atoms with Crippen molar-refractivity contribution in [2.45, 2.75) is 45.1 Å². The van der Waals surface area contributed by atoms with Gasteiger partial charge in [-0.2, -0.15) is 0 Å². The van der Waals surface area contributed by atoms with Gasteiger partial charge in [-0.25, -0.2) is 4.98 Å².